The maximum atomic E-state index is 12.7. The van der Waals surface area contributed by atoms with Crippen LogP contribution in [-0.4, -0.2) is 67.0 Å². The first-order valence-corrected chi connectivity index (χ1v) is 12.1. The molecular weight excluding hydrogens is 427 g/mol. The Balaban J connectivity index is 0.00000231. The molecule has 31 heavy (non-hydrogen) atoms. The molecule has 1 aromatic heterocycles. The van der Waals surface area contributed by atoms with Gasteiger partial charge in [0.15, 0.2) is 5.03 Å². The molecule has 1 fully saturated rings. The maximum absolute atomic E-state index is 12.7. The Hall–Kier alpha value is -1.39. The molecule has 3 aliphatic rings. The monoisotopic (exact) mass is 453 g/mol. The second-order valence-corrected chi connectivity index (χ2v) is 9.90. The number of carbonyl (C=O) groups excluding carboxylic acids is 1. The molecule has 2 amide bonds. The molecule has 1 aliphatic heterocycles. The van der Waals surface area contributed by atoms with Gasteiger partial charge in [0.1, 0.15) is 0 Å². The minimum absolute atomic E-state index is 0. The number of hydrogen-bond acceptors (Lipinski definition) is 5. The first kappa shape index (κ1) is 22.8. The smallest absolute Gasteiger partial charge is 0.333 e. The summed E-state index contributed by atoms with van der Waals surface area (Å²) in [5, 5.41) is 6.92. The van der Waals surface area contributed by atoms with E-state index in [0.29, 0.717) is 13.2 Å². The average Bonchev–Trinajstić information content (AvgIpc) is 3.48. The third kappa shape index (κ3) is 4.57. The van der Waals surface area contributed by atoms with E-state index < -0.39 is 16.1 Å². The van der Waals surface area contributed by atoms with Gasteiger partial charge in [-0.15, -0.1) is 0 Å². The van der Waals surface area contributed by atoms with Crippen molar-refractivity contribution in [2.75, 3.05) is 18.5 Å². The Morgan fingerprint density at radius 2 is 1.71 bits per heavy atom. The number of carbonyl (C=O) groups is 1. The van der Waals surface area contributed by atoms with Crippen LogP contribution in [0.3, 0.4) is 0 Å². The number of anilines is 1. The number of hydrogen-bond donors (Lipinski definition) is 2. The van der Waals surface area contributed by atoms with Gasteiger partial charge in [0.25, 0.3) is 10.0 Å². The minimum Gasteiger partial charge on any atom is -0.381 e. The van der Waals surface area contributed by atoms with Crippen molar-refractivity contribution in [2.45, 2.75) is 62.4 Å². The molecule has 0 unspecified atom stereocenters. The van der Waals surface area contributed by atoms with E-state index in [4.69, 9.17) is 4.74 Å². The van der Waals surface area contributed by atoms with Crippen LogP contribution in [0.4, 0.5) is 10.5 Å². The van der Waals surface area contributed by atoms with Crippen LogP contribution in [0.25, 0.3) is 0 Å². The van der Waals surface area contributed by atoms with Crippen LogP contribution < -0.4 is 10.0 Å². The number of rotatable bonds is 4. The predicted molar refractivity (Wildman–Crippen MR) is 117 cm³/mol. The summed E-state index contributed by atoms with van der Waals surface area (Å²) >= 11 is 0. The van der Waals surface area contributed by atoms with Gasteiger partial charge >= 0.3 is 6.03 Å². The van der Waals surface area contributed by atoms with Gasteiger partial charge in [-0.05, 0) is 79.7 Å². The third-order valence-electron chi connectivity index (χ3n) is 6.36. The van der Waals surface area contributed by atoms with Gasteiger partial charge in [-0.1, -0.05) is 6.07 Å². The van der Waals surface area contributed by atoms with Gasteiger partial charge in [0, 0.05) is 54.7 Å². The van der Waals surface area contributed by atoms with Crippen molar-refractivity contribution in [1.82, 2.24) is 14.5 Å². The second-order valence-electron chi connectivity index (χ2n) is 8.27. The molecule has 0 atom stereocenters. The zero-order valence-corrected chi connectivity index (χ0v) is 20.6. The van der Waals surface area contributed by atoms with Crippen molar-refractivity contribution in [1.29, 1.82) is 0 Å². The van der Waals surface area contributed by atoms with E-state index >= 15 is 0 Å². The number of aryl methyl sites for hydroxylation is 2. The summed E-state index contributed by atoms with van der Waals surface area (Å²) < 4.78 is 34.6. The molecular formula is C21H26N4NaO4S. The van der Waals surface area contributed by atoms with Gasteiger partial charge in [0.05, 0.1) is 6.04 Å². The maximum Gasteiger partial charge on any atom is 0.333 e. The fraction of sp³-hybridized carbons (Fsp3) is 0.524. The van der Waals surface area contributed by atoms with E-state index in [0.717, 1.165) is 68.2 Å². The number of urea groups is 1. The molecule has 10 heteroatoms. The van der Waals surface area contributed by atoms with Crippen molar-refractivity contribution < 1.29 is 17.9 Å². The number of sulfonamides is 1. The molecule has 2 aliphatic carbocycles. The van der Waals surface area contributed by atoms with Gasteiger partial charge in [-0.2, -0.15) is 13.5 Å². The summed E-state index contributed by atoms with van der Waals surface area (Å²) in [5.74, 6) is 0. The summed E-state index contributed by atoms with van der Waals surface area (Å²) in [6.07, 6.45) is 9.23. The van der Waals surface area contributed by atoms with Crippen molar-refractivity contribution in [3.05, 3.63) is 40.6 Å². The van der Waals surface area contributed by atoms with Crippen LogP contribution in [0.5, 0.6) is 0 Å². The van der Waals surface area contributed by atoms with Crippen molar-refractivity contribution >= 4 is 51.3 Å². The number of benzene rings is 1. The predicted octanol–water partition coefficient (Wildman–Crippen LogP) is 2.34. The van der Waals surface area contributed by atoms with Gasteiger partial charge in [-0.3, -0.25) is 4.68 Å². The Morgan fingerprint density at radius 3 is 2.35 bits per heavy atom. The fourth-order valence-corrected chi connectivity index (χ4v) is 5.74. The van der Waals surface area contributed by atoms with Gasteiger partial charge in [-0.25, -0.2) is 9.52 Å². The molecule has 0 saturated carbocycles. The molecule has 1 aromatic carbocycles. The van der Waals surface area contributed by atoms with Gasteiger partial charge in [0.2, 0.25) is 0 Å². The Labute approximate surface area is 204 Å². The first-order chi connectivity index (χ1) is 14.5. The van der Waals surface area contributed by atoms with Crippen LogP contribution in [0.1, 0.15) is 54.0 Å². The Kier molecular flexibility index (Phi) is 6.79. The second kappa shape index (κ2) is 9.23. The fourth-order valence-electron chi connectivity index (χ4n) is 4.90. The van der Waals surface area contributed by atoms with E-state index in [1.165, 1.54) is 17.2 Å². The zero-order valence-electron chi connectivity index (χ0n) is 17.8. The van der Waals surface area contributed by atoms with Crippen LogP contribution in [0.15, 0.2) is 23.4 Å². The molecule has 0 bridgehead atoms. The van der Waals surface area contributed by atoms with Crippen LogP contribution in [-0.2, 0) is 40.4 Å². The summed E-state index contributed by atoms with van der Waals surface area (Å²) in [5.41, 5.74) is 5.70. The standard InChI is InChI=1S/C21H26N4O4S.Na/c26-21(22-20-17-5-1-3-14(17)13-15-4-2-6-18(15)20)24-30(27,28)19-7-10-25(23-19)16-8-11-29-12-9-16;/h7,10,13,16H,1-6,8-9,11-12H2,(H2,22,24,26);. The Morgan fingerprint density at radius 1 is 1.06 bits per heavy atom. The molecule has 8 nitrogen and oxygen atoms in total. The number of ether oxygens (including phenoxy) is 1. The first-order valence-electron chi connectivity index (χ1n) is 10.6. The SMILES string of the molecule is O=C(Nc1c2c(cc3c1CCC3)CCC2)NS(=O)(=O)c1ccn(C2CCOCC2)n1.[Na]. The zero-order chi connectivity index (χ0) is 20.7. The van der Waals surface area contributed by atoms with Gasteiger partial charge < -0.3 is 10.1 Å². The number of nitrogens with zero attached hydrogens (tertiary/aromatic N) is 2. The average molecular weight is 454 g/mol. The van der Waals surface area contributed by atoms with E-state index in [1.807, 2.05) is 0 Å². The third-order valence-corrected chi connectivity index (χ3v) is 7.59. The van der Waals surface area contributed by atoms with Crippen LogP contribution in [0.2, 0.25) is 0 Å². The summed E-state index contributed by atoms with van der Waals surface area (Å²) in [7, 11) is -4.05. The van der Waals surface area contributed by atoms with E-state index in [9.17, 15) is 13.2 Å². The van der Waals surface area contributed by atoms with Crippen LogP contribution >= 0.6 is 0 Å². The summed E-state index contributed by atoms with van der Waals surface area (Å²) in [4.78, 5) is 12.7. The molecule has 2 N–H and O–H groups in total. The Bertz CT molecular complexity index is 1060. The molecule has 1 radical (unpaired) electrons. The number of amides is 2. The largest absolute Gasteiger partial charge is 0.381 e. The van der Waals surface area contributed by atoms with E-state index in [1.54, 1.807) is 10.9 Å². The topological polar surface area (TPSA) is 102 Å². The summed E-state index contributed by atoms with van der Waals surface area (Å²) in [6.45, 7) is 1.28. The van der Waals surface area contributed by atoms with Crippen LogP contribution in [0, 0.1) is 0 Å². The number of nitrogens with one attached hydrogen (secondary N) is 2. The molecule has 5 rings (SSSR count). The van der Waals surface area contributed by atoms with Crippen molar-refractivity contribution in [3.63, 3.8) is 0 Å². The molecule has 161 valence electrons. The number of fused-ring (bicyclic) bond motifs is 2. The summed E-state index contributed by atoms with van der Waals surface area (Å²) in [6, 6.07) is 3.09. The molecule has 1 saturated heterocycles. The molecule has 2 heterocycles. The van der Waals surface area contributed by atoms with E-state index in [2.05, 4.69) is 21.2 Å². The minimum atomic E-state index is -4.05. The molecule has 0 spiro atoms. The van der Waals surface area contributed by atoms with Crippen molar-refractivity contribution in [2.24, 2.45) is 0 Å². The molecule has 2 aromatic rings. The normalized spacial score (nSPS) is 18.2. The van der Waals surface area contributed by atoms with E-state index in [-0.39, 0.29) is 40.6 Å². The quantitative estimate of drug-likeness (QED) is 0.692. The van der Waals surface area contributed by atoms with Crippen molar-refractivity contribution in [3.8, 4) is 0 Å². The number of aromatic nitrogens is 2.